The Morgan fingerprint density at radius 2 is 1.68 bits per heavy atom. The summed E-state index contributed by atoms with van der Waals surface area (Å²) in [6.07, 6.45) is -2.31. The van der Waals surface area contributed by atoms with E-state index in [0.717, 1.165) is 24.6 Å². The Kier molecular flexibility index (Phi) is 11.0. The van der Waals surface area contributed by atoms with E-state index in [-0.39, 0.29) is 59.3 Å². The predicted molar refractivity (Wildman–Crippen MR) is 158 cm³/mol. The van der Waals surface area contributed by atoms with E-state index in [1.807, 2.05) is 19.9 Å². The van der Waals surface area contributed by atoms with Crippen molar-refractivity contribution >= 4 is 22.9 Å². The molecule has 0 amide bonds. The number of aliphatic imine (C=N–C) groups is 2. The first-order chi connectivity index (χ1) is 20.6. The van der Waals surface area contributed by atoms with Crippen molar-refractivity contribution < 1.29 is 35.8 Å². The SMILES string of the molecule is CCC1=C(C(F)(F)F)C=C(C)N(C(=NC(C)=Nc2cc(OC)cc(C(F)(F)F)c2)/C(=C\C(C)CC)c2cnc(OC)nc2)C1. The molecule has 7 nitrogen and oxygen atoms in total. The summed E-state index contributed by atoms with van der Waals surface area (Å²) < 4.78 is 92.5. The standard InChI is InChI=1S/C31H35F6N5O2/c1-8-18(3)10-26(22-15-38-29(44-7)39-16-22)28(42-17-21(9-2)27(11-19(42)4)31(35,36)37)41-20(5)40-24-12-23(30(32,33)34)13-25(14-24)43-6/h10-16,18H,8-9,17H2,1-7H3/b26-10-,40-20?,41-28?. The second-order valence-corrected chi connectivity index (χ2v) is 10.2. The number of aromatic nitrogens is 2. The maximum absolute atomic E-state index is 13.9. The molecule has 44 heavy (non-hydrogen) atoms. The molecule has 0 radical (unpaired) electrons. The van der Waals surface area contributed by atoms with Crippen LogP contribution in [0, 0.1) is 5.92 Å². The van der Waals surface area contributed by atoms with E-state index in [4.69, 9.17) is 14.5 Å². The van der Waals surface area contributed by atoms with Gasteiger partial charge in [0.15, 0.2) is 0 Å². The molecule has 0 N–H and O–H groups in total. The van der Waals surface area contributed by atoms with Gasteiger partial charge in [-0.1, -0.05) is 33.3 Å². The Morgan fingerprint density at radius 1 is 1.02 bits per heavy atom. The van der Waals surface area contributed by atoms with Crippen LogP contribution in [0.15, 0.2) is 69.6 Å². The fourth-order valence-corrected chi connectivity index (χ4v) is 4.44. The van der Waals surface area contributed by atoms with Crippen molar-refractivity contribution in [3.8, 4) is 11.8 Å². The Balaban J connectivity index is 2.29. The molecule has 0 saturated carbocycles. The number of amidine groups is 2. The number of halogens is 6. The Hall–Kier alpha value is -4.16. The van der Waals surface area contributed by atoms with Crippen LogP contribution in [0.2, 0.25) is 0 Å². The van der Waals surface area contributed by atoms with Crippen molar-refractivity contribution in [3.63, 3.8) is 0 Å². The van der Waals surface area contributed by atoms with Gasteiger partial charge in [-0.05, 0) is 50.0 Å². The molecule has 0 saturated heterocycles. The minimum atomic E-state index is -4.64. The second kappa shape index (κ2) is 14.1. The summed E-state index contributed by atoms with van der Waals surface area (Å²) in [5.74, 6) is 0.251. The minimum Gasteiger partial charge on any atom is -0.497 e. The molecular weight excluding hydrogens is 588 g/mol. The lowest BCUT2D eigenvalue weighted by molar-refractivity contribution is -0.137. The molecule has 2 heterocycles. The largest absolute Gasteiger partial charge is 0.497 e. The van der Waals surface area contributed by atoms with Crippen LogP contribution in [0.4, 0.5) is 32.0 Å². The van der Waals surface area contributed by atoms with Crippen LogP contribution in [0.5, 0.6) is 11.8 Å². The first-order valence-corrected chi connectivity index (χ1v) is 13.8. The average Bonchev–Trinajstić information content (AvgIpc) is 2.97. The lowest BCUT2D eigenvalue weighted by Crippen LogP contribution is -2.37. The van der Waals surface area contributed by atoms with Gasteiger partial charge in [-0.3, -0.25) is 0 Å². The van der Waals surface area contributed by atoms with Crippen molar-refractivity contribution in [2.45, 2.75) is 59.8 Å². The van der Waals surface area contributed by atoms with Crippen LogP contribution in [-0.4, -0.2) is 53.5 Å². The number of nitrogens with zero attached hydrogens (tertiary/aromatic N) is 5. The van der Waals surface area contributed by atoms with Crippen LogP contribution in [-0.2, 0) is 6.18 Å². The van der Waals surface area contributed by atoms with Crippen molar-refractivity contribution in [2.75, 3.05) is 20.8 Å². The van der Waals surface area contributed by atoms with Gasteiger partial charge in [0.2, 0.25) is 0 Å². The number of hydrogen-bond donors (Lipinski definition) is 0. The highest BCUT2D eigenvalue weighted by Crippen LogP contribution is 2.37. The summed E-state index contributed by atoms with van der Waals surface area (Å²) in [5, 5.41) is 0. The smallest absolute Gasteiger partial charge is 0.416 e. The molecule has 0 fully saturated rings. The molecule has 3 rings (SSSR count). The summed E-state index contributed by atoms with van der Waals surface area (Å²) in [6.45, 7) is 8.52. The average molecular weight is 624 g/mol. The number of alkyl halides is 6. The van der Waals surface area contributed by atoms with Crippen LogP contribution < -0.4 is 9.47 Å². The van der Waals surface area contributed by atoms with E-state index >= 15 is 0 Å². The molecule has 0 aliphatic carbocycles. The van der Waals surface area contributed by atoms with Gasteiger partial charge in [0.25, 0.3) is 0 Å². The molecule has 1 atom stereocenters. The van der Waals surface area contributed by atoms with Crippen LogP contribution in [0.25, 0.3) is 5.57 Å². The molecular formula is C31H35F6N5O2. The molecule has 1 aliphatic heterocycles. The summed E-state index contributed by atoms with van der Waals surface area (Å²) in [6, 6.07) is 3.18. The Labute approximate surface area is 252 Å². The van der Waals surface area contributed by atoms with Gasteiger partial charge in [0, 0.05) is 41.8 Å². The molecule has 1 aromatic heterocycles. The Morgan fingerprint density at radius 3 is 2.20 bits per heavy atom. The number of benzene rings is 1. The fourth-order valence-electron chi connectivity index (χ4n) is 4.44. The lowest BCUT2D eigenvalue weighted by Gasteiger charge is -2.34. The van der Waals surface area contributed by atoms with Crippen molar-refractivity contribution in [1.82, 2.24) is 14.9 Å². The maximum Gasteiger partial charge on any atom is 0.416 e. The van der Waals surface area contributed by atoms with Gasteiger partial charge in [0.05, 0.1) is 31.0 Å². The van der Waals surface area contributed by atoms with Gasteiger partial charge < -0.3 is 14.4 Å². The number of hydrogen-bond acceptors (Lipinski definition) is 5. The third kappa shape index (κ3) is 8.48. The minimum absolute atomic E-state index is 0.00303. The summed E-state index contributed by atoms with van der Waals surface area (Å²) in [4.78, 5) is 19.1. The zero-order valence-corrected chi connectivity index (χ0v) is 25.6. The molecule has 1 aliphatic rings. The van der Waals surface area contributed by atoms with E-state index in [2.05, 4.69) is 15.0 Å². The van der Waals surface area contributed by atoms with Crippen molar-refractivity contribution in [1.29, 1.82) is 0 Å². The number of methoxy groups -OCH3 is 2. The van der Waals surface area contributed by atoms with Crippen molar-refractivity contribution in [3.05, 3.63) is 70.7 Å². The second-order valence-electron chi connectivity index (χ2n) is 10.2. The highest BCUT2D eigenvalue weighted by Gasteiger charge is 2.38. The lowest BCUT2D eigenvalue weighted by atomic mass is 9.95. The van der Waals surface area contributed by atoms with Crippen molar-refractivity contribution in [2.24, 2.45) is 15.9 Å². The Bertz CT molecular complexity index is 1490. The van der Waals surface area contributed by atoms with Gasteiger partial charge >= 0.3 is 18.4 Å². The molecule has 1 aromatic carbocycles. The first kappa shape index (κ1) is 34.3. The summed E-state index contributed by atoms with van der Waals surface area (Å²) in [5.41, 5.74) is -0.279. The number of allylic oxidation sites excluding steroid dienone is 4. The zero-order chi connectivity index (χ0) is 32.8. The maximum atomic E-state index is 13.9. The molecule has 238 valence electrons. The van der Waals surface area contributed by atoms with E-state index in [9.17, 15) is 26.3 Å². The van der Waals surface area contributed by atoms with Gasteiger partial charge in [-0.2, -0.15) is 26.3 Å². The quantitative estimate of drug-likeness (QED) is 0.167. The fraction of sp³-hybridized carbons (Fsp3) is 0.419. The van der Waals surface area contributed by atoms with E-state index in [0.29, 0.717) is 11.1 Å². The van der Waals surface area contributed by atoms with E-state index in [1.54, 1.807) is 18.7 Å². The third-order valence-corrected chi connectivity index (χ3v) is 6.97. The van der Waals surface area contributed by atoms with Gasteiger partial charge in [-0.15, -0.1) is 0 Å². The van der Waals surface area contributed by atoms with Crippen LogP contribution >= 0.6 is 0 Å². The molecule has 0 spiro atoms. The molecule has 1 unspecified atom stereocenters. The topological polar surface area (TPSA) is 72.2 Å². The zero-order valence-electron chi connectivity index (χ0n) is 25.6. The predicted octanol–water partition coefficient (Wildman–Crippen LogP) is 8.58. The molecule has 13 heteroatoms. The van der Waals surface area contributed by atoms with Crippen LogP contribution in [0.1, 0.15) is 58.6 Å². The number of ether oxygens (including phenoxy) is 2. The number of rotatable bonds is 8. The normalized spacial score (nSPS) is 16.2. The summed E-state index contributed by atoms with van der Waals surface area (Å²) >= 11 is 0. The van der Waals surface area contributed by atoms with Gasteiger partial charge in [-0.25, -0.2) is 20.0 Å². The monoisotopic (exact) mass is 623 g/mol. The van der Waals surface area contributed by atoms with Gasteiger partial charge in [0.1, 0.15) is 17.4 Å². The first-order valence-electron chi connectivity index (χ1n) is 13.8. The highest BCUT2D eigenvalue weighted by molar-refractivity contribution is 6.25. The highest BCUT2D eigenvalue weighted by atomic mass is 19.4. The summed E-state index contributed by atoms with van der Waals surface area (Å²) in [7, 11) is 2.66. The third-order valence-electron chi connectivity index (χ3n) is 6.97. The van der Waals surface area contributed by atoms with E-state index in [1.165, 1.54) is 39.6 Å². The molecule has 0 bridgehead atoms. The molecule has 2 aromatic rings. The van der Waals surface area contributed by atoms with Crippen LogP contribution in [0.3, 0.4) is 0 Å². The van der Waals surface area contributed by atoms with E-state index < -0.39 is 23.5 Å².